The summed E-state index contributed by atoms with van der Waals surface area (Å²) in [6.07, 6.45) is 9.56. The summed E-state index contributed by atoms with van der Waals surface area (Å²) >= 11 is 0. The number of rotatable bonds is 8. The Morgan fingerprint density at radius 3 is 2.54 bits per heavy atom. The van der Waals surface area contributed by atoms with Gasteiger partial charge in [0.05, 0.1) is 0 Å². The summed E-state index contributed by atoms with van der Waals surface area (Å²) in [6.45, 7) is 8.02. The lowest BCUT2D eigenvalue weighted by atomic mass is 9.89. The summed E-state index contributed by atoms with van der Waals surface area (Å²) < 4.78 is 0. The van der Waals surface area contributed by atoms with Crippen molar-refractivity contribution in [2.24, 2.45) is 11.8 Å². The van der Waals surface area contributed by atoms with E-state index in [4.69, 9.17) is 0 Å². The van der Waals surface area contributed by atoms with Crippen LogP contribution in [0, 0.1) is 11.8 Å². The van der Waals surface area contributed by atoms with E-state index in [0.29, 0.717) is 5.92 Å². The first kappa shape index (κ1) is 12.4. The Morgan fingerprint density at radius 2 is 2.15 bits per heavy atom. The second-order valence-corrected chi connectivity index (χ2v) is 3.61. The Kier molecular flexibility index (Phi) is 7.66. The van der Waals surface area contributed by atoms with Crippen molar-refractivity contribution >= 4 is 6.29 Å². The molecule has 0 saturated heterocycles. The molecular formula is C12H21O. The van der Waals surface area contributed by atoms with E-state index in [9.17, 15) is 4.79 Å². The lowest BCUT2D eigenvalue weighted by Crippen LogP contribution is -2.07. The third-order valence-corrected chi connectivity index (χ3v) is 2.57. The van der Waals surface area contributed by atoms with Crippen LogP contribution < -0.4 is 0 Å². The third-order valence-electron chi connectivity index (χ3n) is 2.57. The Morgan fingerprint density at radius 1 is 1.46 bits per heavy atom. The van der Waals surface area contributed by atoms with Crippen molar-refractivity contribution in [1.82, 2.24) is 0 Å². The van der Waals surface area contributed by atoms with Crippen LogP contribution in [0.5, 0.6) is 0 Å². The van der Waals surface area contributed by atoms with Crippen molar-refractivity contribution in [1.29, 1.82) is 0 Å². The van der Waals surface area contributed by atoms with E-state index < -0.39 is 0 Å². The first-order chi connectivity index (χ1) is 6.28. The van der Waals surface area contributed by atoms with Crippen LogP contribution in [0.15, 0.2) is 12.7 Å². The maximum absolute atomic E-state index is 10.5. The molecule has 0 heterocycles. The molecule has 1 radical (unpaired) electrons. The molecule has 0 saturated carbocycles. The minimum absolute atomic E-state index is 0.0539. The van der Waals surface area contributed by atoms with Crippen LogP contribution in [-0.4, -0.2) is 6.29 Å². The molecule has 1 heteroatoms. The number of allylic oxidation sites excluding steroid dienone is 1. The molecule has 0 fully saturated rings. The molecule has 0 aromatic rings. The largest absolute Gasteiger partial charge is 0.290 e. The molecule has 0 aliphatic rings. The van der Waals surface area contributed by atoms with Crippen molar-refractivity contribution in [3.8, 4) is 0 Å². The average molecular weight is 181 g/mol. The Labute approximate surface area is 82.2 Å². The predicted octanol–water partition coefficient (Wildman–Crippen LogP) is 3.50. The highest BCUT2D eigenvalue weighted by atomic mass is 16.1. The van der Waals surface area contributed by atoms with Gasteiger partial charge < -0.3 is 0 Å². The van der Waals surface area contributed by atoms with Gasteiger partial charge in [0.2, 0.25) is 6.29 Å². The molecular weight excluding hydrogens is 160 g/mol. The normalized spacial score (nSPS) is 14.9. The van der Waals surface area contributed by atoms with Crippen LogP contribution in [0.25, 0.3) is 0 Å². The molecule has 13 heavy (non-hydrogen) atoms. The van der Waals surface area contributed by atoms with Crippen LogP contribution in [-0.2, 0) is 4.79 Å². The van der Waals surface area contributed by atoms with Gasteiger partial charge in [0.1, 0.15) is 0 Å². The Hall–Kier alpha value is -0.590. The van der Waals surface area contributed by atoms with Crippen LogP contribution in [0.2, 0.25) is 0 Å². The zero-order valence-electron chi connectivity index (χ0n) is 8.88. The minimum Gasteiger partial charge on any atom is -0.290 e. The second kappa shape index (κ2) is 8.03. The molecule has 0 bridgehead atoms. The maximum Gasteiger partial charge on any atom is 0.205 e. The van der Waals surface area contributed by atoms with Gasteiger partial charge in [0.25, 0.3) is 0 Å². The van der Waals surface area contributed by atoms with E-state index in [1.165, 1.54) is 19.3 Å². The van der Waals surface area contributed by atoms with E-state index in [1.54, 1.807) is 6.08 Å². The fourth-order valence-electron chi connectivity index (χ4n) is 1.53. The highest BCUT2D eigenvalue weighted by Gasteiger charge is 2.11. The highest BCUT2D eigenvalue weighted by molar-refractivity contribution is 5.57. The molecule has 2 atom stereocenters. The van der Waals surface area contributed by atoms with E-state index >= 15 is 0 Å². The van der Waals surface area contributed by atoms with Crippen molar-refractivity contribution in [2.75, 3.05) is 0 Å². The summed E-state index contributed by atoms with van der Waals surface area (Å²) in [5.41, 5.74) is 0. The molecule has 75 valence electrons. The van der Waals surface area contributed by atoms with Crippen LogP contribution in [0.4, 0.5) is 0 Å². The Balaban J connectivity index is 3.80. The number of hydrogen-bond donors (Lipinski definition) is 0. The number of carbonyl (C=O) groups excluding carboxylic acids is 1. The van der Waals surface area contributed by atoms with Gasteiger partial charge in [-0.05, 0) is 12.3 Å². The third kappa shape index (κ3) is 5.62. The van der Waals surface area contributed by atoms with Crippen molar-refractivity contribution in [3.05, 3.63) is 12.7 Å². The van der Waals surface area contributed by atoms with Gasteiger partial charge in [-0.3, -0.25) is 4.79 Å². The van der Waals surface area contributed by atoms with Gasteiger partial charge in [-0.15, -0.1) is 6.58 Å². The fraction of sp³-hybridized carbons (Fsp3) is 0.750. The molecule has 0 N–H and O–H groups in total. The maximum atomic E-state index is 10.5. The lowest BCUT2D eigenvalue weighted by Gasteiger charge is -2.15. The standard InChI is InChI=1S/C12H21O/c1-4-7-8-11(5-2)9-12(6-3)10-13/h6,11-12H,3-5,7-9H2,1-2H3. The predicted molar refractivity (Wildman–Crippen MR) is 57.3 cm³/mol. The van der Waals surface area contributed by atoms with Crippen LogP contribution in [0.3, 0.4) is 0 Å². The molecule has 1 nitrogen and oxygen atoms in total. The smallest absolute Gasteiger partial charge is 0.205 e. The summed E-state index contributed by atoms with van der Waals surface area (Å²) in [5.74, 6) is 0.617. The molecule has 0 rings (SSSR count). The zero-order valence-corrected chi connectivity index (χ0v) is 8.88. The number of hydrogen-bond acceptors (Lipinski definition) is 1. The van der Waals surface area contributed by atoms with Crippen LogP contribution in [0.1, 0.15) is 46.0 Å². The lowest BCUT2D eigenvalue weighted by molar-refractivity contribution is 0.396. The zero-order chi connectivity index (χ0) is 10.1. The summed E-state index contributed by atoms with van der Waals surface area (Å²) in [5, 5.41) is 0. The SMILES string of the molecule is C=CC([C]=O)CC(CC)CCCC. The molecule has 0 spiro atoms. The van der Waals surface area contributed by atoms with Gasteiger partial charge in [0, 0.05) is 5.92 Å². The minimum atomic E-state index is -0.0539. The van der Waals surface area contributed by atoms with Gasteiger partial charge >= 0.3 is 0 Å². The van der Waals surface area contributed by atoms with Gasteiger partial charge in [-0.25, -0.2) is 0 Å². The molecule has 2 unspecified atom stereocenters. The summed E-state index contributed by atoms with van der Waals surface area (Å²) in [4.78, 5) is 10.5. The average Bonchev–Trinajstić information content (AvgIpc) is 2.19. The van der Waals surface area contributed by atoms with Gasteiger partial charge in [-0.2, -0.15) is 0 Å². The van der Waals surface area contributed by atoms with Gasteiger partial charge in [0.15, 0.2) is 0 Å². The Bertz CT molecular complexity index is 132. The molecule has 0 aliphatic heterocycles. The van der Waals surface area contributed by atoms with Crippen molar-refractivity contribution < 1.29 is 4.79 Å². The van der Waals surface area contributed by atoms with Gasteiger partial charge in [-0.1, -0.05) is 45.6 Å². The topological polar surface area (TPSA) is 17.1 Å². The number of unbranched alkanes of at least 4 members (excludes halogenated alkanes) is 1. The van der Waals surface area contributed by atoms with E-state index in [1.807, 2.05) is 6.29 Å². The van der Waals surface area contributed by atoms with Crippen molar-refractivity contribution in [2.45, 2.75) is 46.0 Å². The summed E-state index contributed by atoms with van der Waals surface area (Å²) in [6, 6.07) is 0. The van der Waals surface area contributed by atoms with E-state index in [0.717, 1.165) is 12.8 Å². The first-order valence-corrected chi connectivity index (χ1v) is 5.28. The fourth-order valence-corrected chi connectivity index (χ4v) is 1.53. The quantitative estimate of drug-likeness (QED) is 0.524. The highest BCUT2D eigenvalue weighted by Crippen LogP contribution is 2.21. The first-order valence-electron chi connectivity index (χ1n) is 5.28. The molecule has 0 aromatic carbocycles. The van der Waals surface area contributed by atoms with E-state index in [2.05, 4.69) is 20.4 Å². The van der Waals surface area contributed by atoms with Crippen LogP contribution >= 0.6 is 0 Å². The monoisotopic (exact) mass is 181 g/mol. The van der Waals surface area contributed by atoms with Crippen molar-refractivity contribution in [3.63, 3.8) is 0 Å². The summed E-state index contributed by atoms with van der Waals surface area (Å²) in [7, 11) is 0. The second-order valence-electron chi connectivity index (χ2n) is 3.61. The van der Waals surface area contributed by atoms with E-state index in [-0.39, 0.29) is 5.92 Å². The molecule has 0 aliphatic carbocycles. The molecule has 0 aromatic heterocycles. The molecule has 0 amide bonds.